The van der Waals surface area contributed by atoms with E-state index in [1.807, 2.05) is 6.07 Å². The van der Waals surface area contributed by atoms with Gasteiger partial charge in [0.05, 0.1) is 6.10 Å². The molecular formula is C15H25NOS. The first kappa shape index (κ1) is 15.4. The van der Waals surface area contributed by atoms with Crippen molar-refractivity contribution in [2.75, 3.05) is 19.3 Å². The van der Waals surface area contributed by atoms with Gasteiger partial charge in [0.25, 0.3) is 0 Å². The topological polar surface area (TPSA) is 21.3 Å². The van der Waals surface area contributed by atoms with Crippen molar-refractivity contribution in [3.05, 3.63) is 24.3 Å². The van der Waals surface area contributed by atoms with Crippen molar-refractivity contribution >= 4 is 11.8 Å². The molecule has 2 nitrogen and oxygen atoms in total. The molecule has 0 aliphatic carbocycles. The lowest BCUT2D eigenvalue weighted by atomic mass is 10.2. The Kier molecular flexibility index (Phi) is 7.94. The predicted octanol–water partition coefficient (Wildman–Crippen LogP) is 3.96. The molecule has 0 radical (unpaired) electrons. The second-order valence-corrected chi connectivity index (χ2v) is 5.32. The summed E-state index contributed by atoms with van der Waals surface area (Å²) in [5.74, 6) is 1.01. The molecule has 0 saturated carbocycles. The molecule has 1 aromatic carbocycles. The van der Waals surface area contributed by atoms with Gasteiger partial charge in [-0.3, -0.25) is 0 Å². The van der Waals surface area contributed by atoms with Crippen LogP contribution in [0.4, 0.5) is 0 Å². The van der Waals surface area contributed by atoms with E-state index in [9.17, 15) is 0 Å². The lowest BCUT2D eigenvalue weighted by molar-refractivity contribution is 0.202. The SMILES string of the molecule is CCCNCCCC(C)Oc1ccccc1SC. The van der Waals surface area contributed by atoms with Crippen molar-refractivity contribution in [3.8, 4) is 5.75 Å². The standard InChI is InChI=1S/C15H25NOS/c1-4-11-16-12-7-8-13(2)17-14-9-5-6-10-15(14)18-3/h5-6,9-10,13,16H,4,7-8,11-12H2,1-3H3. The van der Waals surface area contributed by atoms with Crippen molar-refractivity contribution in [2.24, 2.45) is 0 Å². The normalized spacial score (nSPS) is 12.4. The Morgan fingerprint density at radius 3 is 2.78 bits per heavy atom. The van der Waals surface area contributed by atoms with Crippen molar-refractivity contribution in [2.45, 2.75) is 44.1 Å². The highest BCUT2D eigenvalue weighted by molar-refractivity contribution is 7.98. The zero-order valence-corrected chi connectivity index (χ0v) is 12.6. The molecule has 0 spiro atoms. The number of hydrogen-bond acceptors (Lipinski definition) is 3. The molecule has 1 atom stereocenters. The number of para-hydroxylation sites is 1. The van der Waals surface area contributed by atoms with Crippen LogP contribution in [-0.2, 0) is 0 Å². The van der Waals surface area contributed by atoms with Gasteiger partial charge in [-0.05, 0) is 57.7 Å². The zero-order chi connectivity index (χ0) is 13.2. The maximum absolute atomic E-state index is 5.99. The summed E-state index contributed by atoms with van der Waals surface area (Å²) < 4.78 is 5.99. The van der Waals surface area contributed by atoms with Gasteiger partial charge in [-0.25, -0.2) is 0 Å². The smallest absolute Gasteiger partial charge is 0.133 e. The van der Waals surface area contributed by atoms with E-state index in [1.54, 1.807) is 11.8 Å². The van der Waals surface area contributed by atoms with Crippen LogP contribution < -0.4 is 10.1 Å². The van der Waals surface area contributed by atoms with Crippen molar-refractivity contribution < 1.29 is 4.74 Å². The number of benzene rings is 1. The van der Waals surface area contributed by atoms with E-state index >= 15 is 0 Å². The first-order valence-electron chi connectivity index (χ1n) is 6.78. The van der Waals surface area contributed by atoms with Gasteiger partial charge in [0.1, 0.15) is 5.75 Å². The Balaban J connectivity index is 2.28. The summed E-state index contributed by atoms with van der Waals surface area (Å²) in [6.07, 6.45) is 5.83. The van der Waals surface area contributed by atoms with Crippen LogP contribution in [0.3, 0.4) is 0 Å². The lowest BCUT2D eigenvalue weighted by Gasteiger charge is -2.16. The van der Waals surface area contributed by atoms with Gasteiger partial charge in [0.2, 0.25) is 0 Å². The molecule has 3 heteroatoms. The van der Waals surface area contributed by atoms with Gasteiger partial charge in [0.15, 0.2) is 0 Å². The molecule has 1 rings (SSSR count). The fourth-order valence-electron chi connectivity index (χ4n) is 1.81. The quantitative estimate of drug-likeness (QED) is 0.540. The molecular weight excluding hydrogens is 242 g/mol. The molecule has 0 fully saturated rings. The van der Waals surface area contributed by atoms with E-state index in [0.29, 0.717) is 0 Å². The summed E-state index contributed by atoms with van der Waals surface area (Å²) in [5.41, 5.74) is 0. The highest BCUT2D eigenvalue weighted by atomic mass is 32.2. The van der Waals surface area contributed by atoms with E-state index in [0.717, 1.165) is 25.3 Å². The summed E-state index contributed by atoms with van der Waals surface area (Å²) in [6.45, 7) is 6.55. The van der Waals surface area contributed by atoms with Crippen LogP contribution in [0.25, 0.3) is 0 Å². The largest absolute Gasteiger partial charge is 0.490 e. The maximum atomic E-state index is 5.99. The monoisotopic (exact) mass is 267 g/mol. The molecule has 0 amide bonds. The first-order chi connectivity index (χ1) is 8.77. The minimum Gasteiger partial charge on any atom is -0.490 e. The van der Waals surface area contributed by atoms with Crippen LogP contribution in [0, 0.1) is 0 Å². The third kappa shape index (κ3) is 5.78. The summed E-state index contributed by atoms with van der Waals surface area (Å²) in [5, 5.41) is 3.42. The average Bonchev–Trinajstić information content (AvgIpc) is 2.39. The molecule has 0 aliphatic heterocycles. The van der Waals surface area contributed by atoms with Gasteiger partial charge in [-0.15, -0.1) is 11.8 Å². The third-order valence-corrected chi connectivity index (χ3v) is 3.57. The van der Waals surface area contributed by atoms with Gasteiger partial charge in [-0.2, -0.15) is 0 Å². The first-order valence-corrected chi connectivity index (χ1v) is 8.00. The fraction of sp³-hybridized carbons (Fsp3) is 0.600. The molecule has 0 bridgehead atoms. The number of rotatable bonds is 9. The molecule has 1 N–H and O–H groups in total. The van der Waals surface area contributed by atoms with Gasteiger partial charge in [-0.1, -0.05) is 19.1 Å². The highest BCUT2D eigenvalue weighted by Crippen LogP contribution is 2.28. The van der Waals surface area contributed by atoms with Crippen LogP contribution in [0.5, 0.6) is 5.75 Å². The van der Waals surface area contributed by atoms with E-state index < -0.39 is 0 Å². The highest BCUT2D eigenvalue weighted by Gasteiger charge is 2.07. The molecule has 0 saturated heterocycles. The van der Waals surface area contributed by atoms with Gasteiger partial charge < -0.3 is 10.1 Å². The van der Waals surface area contributed by atoms with Crippen LogP contribution in [-0.4, -0.2) is 25.4 Å². The fourth-order valence-corrected chi connectivity index (χ4v) is 2.34. The zero-order valence-electron chi connectivity index (χ0n) is 11.7. The van der Waals surface area contributed by atoms with Crippen molar-refractivity contribution in [1.82, 2.24) is 5.32 Å². The summed E-state index contributed by atoms with van der Waals surface area (Å²) in [4.78, 5) is 1.22. The lowest BCUT2D eigenvalue weighted by Crippen LogP contribution is -2.19. The molecule has 1 unspecified atom stereocenters. The number of nitrogens with one attached hydrogen (secondary N) is 1. The predicted molar refractivity (Wildman–Crippen MR) is 80.7 cm³/mol. The van der Waals surface area contributed by atoms with Crippen molar-refractivity contribution in [3.63, 3.8) is 0 Å². The minimum absolute atomic E-state index is 0.279. The van der Waals surface area contributed by atoms with Crippen LogP contribution >= 0.6 is 11.8 Å². The Hall–Kier alpha value is -0.670. The van der Waals surface area contributed by atoms with E-state index in [2.05, 4.69) is 43.6 Å². The minimum atomic E-state index is 0.279. The Bertz CT molecular complexity index is 330. The second-order valence-electron chi connectivity index (χ2n) is 4.47. The van der Waals surface area contributed by atoms with Crippen LogP contribution in [0.1, 0.15) is 33.1 Å². The average molecular weight is 267 g/mol. The van der Waals surface area contributed by atoms with E-state index in [1.165, 1.54) is 17.7 Å². The second kappa shape index (κ2) is 9.29. The summed E-state index contributed by atoms with van der Waals surface area (Å²) in [6, 6.07) is 8.25. The maximum Gasteiger partial charge on any atom is 0.133 e. The molecule has 1 aromatic rings. The van der Waals surface area contributed by atoms with Gasteiger partial charge in [0, 0.05) is 4.90 Å². The van der Waals surface area contributed by atoms with Crippen LogP contribution in [0.2, 0.25) is 0 Å². The number of hydrogen-bond donors (Lipinski definition) is 1. The molecule has 102 valence electrons. The molecule has 18 heavy (non-hydrogen) atoms. The van der Waals surface area contributed by atoms with E-state index in [4.69, 9.17) is 4.74 Å². The Labute approximate surface area is 116 Å². The van der Waals surface area contributed by atoms with E-state index in [-0.39, 0.29) is 6.10 Å². The Morgan fingerprint density at radius 2 is 2.06 bits per heavy atom. The molecule has 0 aliphatic rings. The van der Waals surface area contributed by atoms with Crippen LogP contribution in [0.15, 0.2) is 29.2 Å². The third-order valence-electron chi connectivity index (χ3n) is 2.79. The van der Waals surface area contributed by atoms with Gasteiger partial charge >= 0.3 is 0 Å². The number of ether oxygens (including phenoxy) is 1. The molecule has 0 aromatic heterocycles. The molecule has 0 heterocycles. The Morgan fingerprint density at radius 1 is 1.28 bits per heavy atom. The summed E-state index contributed by atoms with van der Waals surface area (Å²) >= 11 is 1.74. The number of thioether (sulfide) groups is 1. The van der Waals surface area contributed by atoms with Crippen molar-refractivity contribution in [1.29, 1.82) is 0 Å². The summed E-state index contributed by atoms with van der Waals surface area (Å²) in [7, 11) is 0.